The maximum absolute atomic E-state index is 11.0. The standard InChI is InChI=1S/C11H13NO5/c1-6(13)7-3-4-8(12-5-7)9(14)10(15)11(16)17-2/h3-5,9-10,14-15H,1-2H3. The molecule has 0 aliphatic heterocycles. The number of ether oxygens (including phenoxy) is 1. The van der Waals surface area contributed by atoms with Crippen molar-refractivity contribution >= 4 is 11.8 Å². The van der Waals surface area contributed by atoms with E-state index in [-0.39, 0.29) is 11.5 Å². The second kappa shape index (κ2) is 5.51. The van der Waals surface area contributed by atoms with E-state index in [0.29, 0.717) is 5.56 Å². The Hall–Kier alpha value is -1.79. The number of aliphatic hydroxyl groups is 2. The highest BCUT2D eigenvalue weighted by atomic mass is 16.5. The van der Waals surface area contributed by atoms with Gasteiger partial charge in [0.15, 0.2) is 11.9 Å². The van der Waals surface area contributed by atoms with Crippen molar-refractivity contribution in [3.8, 4) is 0 Å². The summed E-state index contributed by atoms with van der Waals surface area (Å²) in [5.41, 5.74) is 0.474. The van der Waals surface area contributed by atoms with Crippen LogP contribution in [0.2, 0.25) is 0 Å². The zero-order chi connectivity index (χ0) is 13.0. The maximum atomic E-state index is 11.0. The Balaban J connectivity index is 2.86. The molecule has 0 aliphatic rings. The van der Waals surface area contributed by atoms with Gasteiger partial charge in [0.25, 0.3) is 0 Å². The summed E-state index contributed by atoms with van der Waals surface area (Å²) in [6.45, 7) is 1.39. The van der Waals surface area contributed by atoms with E-state index in [1.54, 1.807) is 0 Å². The molecule has 17 heavy (non-hydrogen) atoms. The van der Waals surface area contributed by atoms with Gasteiger partial charge in [0.05, 0.1) is 12.8 Å². The van der Waals surface area contributed by atoms with E-state index in [4.69, 9.17) is 0 Å². The van der Waals surface area contributed by atoms with Gasteiger partial charge in [0.1, 0.15) is 6.10 Å². The first-order chi connectivity index (χ1) is 7.97. The van der Waals surface area contributed by atoms with Crippen LogP contribution in [0.4, 0.5) is 0 Å². The first-order valence-electron chi connectivity index (χ1n) is 4.88. The van der Waals surface area contributed by atoms with Crippen molar-refractivity contribution in [2.24, 2.45) is 0 Å². The topological polar surface area (TPSA) is 96.7 Å². The summed E-state index contributed by atoms with van der Waals surface area (Å²) >= 11 is 0. The number of rotatable bonds is 4. The number of ketones is 1. The third-order valence-corrected chi connectivity index (χ3v) is 2.24. The van der Waals surface area contributed by atoms with E-state index in [0.717, 1.165) is 7.11 Å². The van der Waals surface area contributed by atoms with E-state index in [9.17, 15) is 19.8 Å². The SMILES string of the molecule is COC(=O)C(O)C(O)c1ccc(C(C)=O)cn1. The molecule has 2 unspecified atom stereocenters. The van der Waals surface area contributed by atoms with Gasteiger partial charge in [-0.25, -0.2) is 4.79 Å². The van der Waals surface area contributed by atoms with Crippen molar-refractivity contribution in [2.45, 2.75) is 19.1 Å². The number of aromatic nitrogens is 1. The fraction of sp³-hybridized carbons (Fsp3) is 0.364. The van der Waals surface area contributed by atoms with E-state index in [2.05, 4.69) is 9.72 Å². The lowest BCUT2D eigenvalue weighted by Gasteiger charge is -2.15. The van der Waals surface area contributed by atoms with Crippen LogP contribution in [-0.4, -0.2) is 40.2 Å². The first kappa shape index (κ1) is 13.3. The third-order valence-electron chi connectivity index (χ3n) is 2.24. The van der Waals surface area contributed by atoms with Gasteiger partial charge in [-0.3, -0.25) is 9.78 Å². The molecular weight excluding hydrogens is 226 g/mol. The number of pyridine rings is 1. The van der Waals surface area contributed by atoms with Crippen LogP contribution in [0.15, 0.2) is 18.3 Å². The number of hydrogen-bond acceptors (Lipinski definition) is 6. The molecule has 0 aliphatic carbocycles. The van der Waals surface area contributed by atoms with Crippen LogP contribution in [0.3, 0.4) is 0 Å². The van der Waals surface area contributed by atoms with E-state index in [1.165, 1.54) is 25.3 Å². The average Bonchev–Trinajstić information content (AvgIpc) is 2.36. The smallest absolute Gasteiger partial charge is 0.337 e. The molecule has 1 heterocycles. The summed E-state index contributed by atoms with van der Waals surface area (Å²) < 4.78 is 4.29. The molecule has 1 aromatic heterocycles. The molecule has 0 bridgehead atoms. The Morgan fingerprint density at radius 2 is 2.00 bits per heavy atom. The monoisotopic (exact) mass is 239 g/mol. The van der Waals surface area contributed by atoms with Gasteiger partial charge >= 0.3 is 5.97 Å². The Labute approximate surface area is 97.9 Å². The van der Waals surface area contributed by atoms with Gasteiger partial charge in [0.2, 0.25) is 0 Å². The summed E-state index contributed by atoms with van der Waals surface area (Å²) in [6, 6.07) is 2.82. The number of nitrogens with zero attached hydrogens (tertiary/aromatic N) is 1. The van der Waals surface area contributed by atoms with Gasteiger partial charge in [0, 0.05) is 11.8 Å². The molecule has 0 radical (unpaired) electrons. The van der Waals surface area contributed by atoms with Crippen molar-refractivity contribution in [1.29, 1.82) is 0 Å². The fourth-order valence-electron chi connectivity index (χ4n) is 1.20. The molecule has 6 nitrogen and oxygen atoms in total. The normalized spacial score (nSPS) is 13.9. The molecule has 0 amide bonds. The Kier molecular flexibility index (Phi) is 4.30. The maximum Gasteiger partial charge on any atom is 0.337 e. The molecule has 0 aromatic carbocycles. The number of Topliss-reactive ketones (excluding diaryl/α,β-unsaturated/α-hetero) is 1. The summed E-state index contributed by atoms with van der Waals surface area (Å²) in [5, 5.41) is 19.0. The highest BCUT2D eigenvalue weighted by Crippen LogP contribution is 2.15. The lowest BCUT2D eigenvalue weighted by atomic mass is 10.1. The van der Waals surface area contributed by atoms with Gasteiger partial charge in [-0.05, 0) is 19.1 Å². The van der Waals surface area contributed by atoms with Gasteiger partial charge in [-0.1, -0.05) is 0 Å². The number of methoxy groups -OCH3 is 1. The largest absolute Gasteiger partial charge is 0.467 e. The quantitative estimate of drug-likeness (QED) is 0.560. The average molecular weight is 239 g/mol. The van der Waals surface area contributed by atoms with Crippen LogP contribution in [0.25, 0.3) is 0 Å². The summed E-state index contributed by atoms with van der Waals surface area (Å²) in [5.74, 6) is -1.11. The number of carbonyl (C=O) groups is 2. The molecule has 0 saturated carbocycles. The Morgan fingerprint density at radius 3 is 2.41 bits per heavy atom. The first-order valence-corrected chi connectivity index (χ1v) is 4.88. The minimum atomic E-state index is -1.70. The van der Waals surface area contributed by atoms with Crippen molar-refractivity contribution in [3.05, 3.63) is 29.6 Å². The summed E-state index contributed by atoms with van der Waals surface area (Å²) in [6.07, 6.45) is -1.91. The molecule has 92 valence electrons. The van der Waals surface area contributed by atoms with Gasteiger partial charge in [-0.15, -0.1) is 0 Å². The van der Waals surface area contributed by atoms with Crippen molar-refractivity contribution in [3.63, 3.8) is 0 Å². The van der Waals surface area contributed by atoms with Crippen LogP contribution in [0.1, 0.15) is 29.1 Å². The number of carbonyl (C=O) groups excluding carboxylic acids is 2. The van der Waals surface area contributed by atoms with E-state index >= 15 is 0 Å². The predicted molar refractivity (Wildman–Crippen MR) is 57.2 cm³/mol. The number of hydrogen-bond donors (Lipinski definition) is 2. The highest BCUT2D eigenvalue weighted by molar-refractivity contribution is 5.93. The number of esters is 1. The molecule has 2 atom stereocenters. The van der Waals surface area contributed by atoms with Crippen molar-refractivity contribution in [1.82, 2.24) is 4.98 Å². The summed E-state index contributed by atoms with van der Waals surface area (Å²) in [7, 11) is 1.10. The molecule has 0 spiro atoms. The fourth-order valence-corrected chi connectivity index (χ4v) is 1.20. The molecule has 6 heteroatoms. The molecule has 1 aromatic rings. The van der Waals surface area contributed by atoms with Crippen LogP contribution in [0, 0.1) is 0 Å². The second-order valence-electron chi connectivity index (χ2n) is 3.44. The van der Waals surface area contributed by atoms with Gasteiger partial charge in [-0.2, -0.15) is 0 Å². The van der Waals surface area contributed by atoms with Crippen LogP contribution in [-0.2, 0) is 9.53 Å². The number of aliphatic hydroxyl groups excluding tert-OH is 2. The lowest BCUT2D eigenvalue weighted by molar-refractivity contribution is -0.157. The van der Waals surface area contributed by atoms with Crippen LogP contribution >= 0.6 is 0 Å². The Bertz CT molecular complexity index is 414. The zero-order valence-corrected chi connectivity index (χ0v) is 9.45. The predicted octanol–water partition coefficient (Wildman–Crippen LogP) is -0.149. The van der Waals surface area contributed by atoms with E-state index < -0.39 is 18.2 Å². The van der Waals surface area contributed by atoms with Crippen LogP contribution < -0.4 is 0 Å². The third kappa shape index (κ3) is 3.08. The van der Waals surface area contributed by atoms with Crippen LogP contribution in [0.5, 0.6) is 0 Å². The molecule has 1 rings (SSSR count). The highest BCUT2D eigenvalue weighted by Gasteiger charge is 2.27. The summed E-state index contributed by atoms with van der Waals surface area (Å²) in [4.78, 5) is 25.8. The minimum Gasteiger partial charge on any atom is -0.467 e. The molecule has 0 fully saturated rings. The zero-order valence-electron chi connectivity index (χ0n) is 9.45. The minimum absolute atomic E-state index is 0.0906. The van der Waals surface area contributed by atoms with Crippen molar-refractivity contribution < 1.29 is 24.5 Å². The molecule has 2 N–H and O–H groups in total. The van der Waals surface area contributed by atoms with E-state index in [1.807, 2.05) is 0 Å². The second-order valence-corrected chi connectivity index (χ2v) is 3.44. The van der Waals surface area contributed by atoms with Crippen molar-refractivity contribution in [2.75, 3.05) is 7.11 Å². The lowest BCUT2D eigenvalue weighted by Crippen LogP contribution is -2.29. The van der Waals surface area contributed by atoms with Gasteiger partial charge < -0.3 is 14.9 Å². The Morgan fingerprint density at radius 1 is 1.35 bits per heavy atom. The molecule has 0 saturated heterocycles. The molecular formula is C11H13NO5.